The Kier molecular flexibility index (Phi) is 5.00. The van der Waals surface area contributed by atoms with E-state index in [0.29, 0.717) is 4.83 Å². The molecule has 0 fully saturated rings. The second kappa shape index (κ2) is 6.04. The highest BCUT2D eigenvalue weighted by molar-refractivity contribution is 9.09. The first-order valence-electron chi connectivity index (χ1n) is 5.46. The first-order chi connectivity index (χ1) is 7.52. The zero-order valence-corrected chi connectivity index (χ0v) is 11.6. The molecule has 1 aromatic rings. The van der Waals surface area contributed by atoms with E-state index in [-0.39, 0.29) is 11.8 Å². The van der Waals surface area contributed by atoms with Crippen LogP contribution in [0.15, 0.2) is 30.3 Å². The van der Waals surface area contributed by atoms with Gasteiger partial charge in [0.05, 0.1) is 5.92 Å². The van der Waals surface area contributed by atoms with Crippen LogP contribution in [-0.4, -0.2) is 29.2 Å². The fourth-order valence-corrected chi connectivity index (χ4v) is 2.12. The van der Waals surface area contributed by atoms with Crippen molar-refractivity contribution < 1.29 is 4.79 Å². The smallest absolute Gasteiger partial charge is 0.229 e. The van der Waals surface area contributed by atoms with Gasteiger partial charge < -0.3 is 4.90 Å². The third kappa shape index (κ3) is 3.63. The SMILES string of the molecule is CC(Br)CN(C)C(=O)C(C)c1ccccc1. The maximum atomic E-state index is 12.1. The van der Waals surface area contributed by atoms with E-state index in [0.717, 1.165) is 12.1 Å². The topological polar surface area (TPSA) is 20.3 Å². The Balaban J connectivity index is 2.67. The zero-order valence-electron chi connectivity index (χ0n) is 9.98. The Labute approximate surface area is 106 Å². The average molecular weight is 284 g/mol. The van der Waals surface area contributed by atoms with Gasteiger partial charge in [0.15, 0.2) is 0 Å². The summed E-state index contributed by atoms with van der Waals surface area (Å²) in [6, 6.07) is 9.88. The summed E-state index contributed by atoms with van der Waals surface area (Å²) in [7, 11) is 1.85. The van der Waals surface area contributed by atoms with Crippen LogP contribution in [-0.2, 0) is 4.79 Å². The molecule has 0 aromatic heterocycles. The second-order valence-corrected chi connectivity index (χ2v) is 5.70. The van der Waals surface area contributed by atoms with Gasteiger partial charge in [-0.05, 0) is 12.5 Å². The highest BCUT2D eigenvalue weighted by atomic mass is 79.9. The van der Waals surface area contributed by atoms with Crippen LogP contribution in [0.3, 0.4) is 0 Å². The summed E-state index contributed by atoms with van der Waals surface area (Å²) in [6.07, 6.45) is 0. The quantitative estimate of drug-likeness (QED) is 0.778. The van der Waals surface area contributed by atoms with Crippen LogP contribution >= 0.6 is 15.9 Å². The molecule has 1 amide bonds. The molecular formula is C13H18BrNO. The lowest BCUT2D eigenvalue weighted by Crippen LogP contribution is -2.34. The number of benzene rings is 1. The molecule has 1 rings (SSSR count). The maximum Gasteiger partial charge on any atom is 0.229 e. The third-order valence-electron chi connectivity index (χ3n) is 2.57. The molecule has 0 radical (unpaired) electrons. The molecule has 0 spiro atoms. The number of rotatable bonds is 4. The molecule has 0 N–H and O–H groups in total. The van der Waals surface area contributed by atoms with Crippen molar-refractivity contribution in [1.29, 1.82) is 0 Å². The van der Waals surface area contributed by atoms with E-state index in [1.54, 1.807) is 4.90 Å². The molecule has 2 nitrogen and oxygen atoms in total. The third-order valence-corrected chi connectivity index (χ3v) is 2.86. The molecule has 16 heavy (non-hydrogen) atoms. The van der Waals surface area contributed by atoms with Crippen LogP contribution in [0.4, 0.5) is 0 Å². The summed E-state index contributed by atoms with van der Waals surface area (Å²) in [5.41, 5.74) is 1.07. The molecule has 0 aliphatic carbocycles. The fourth-order valence-electron chi connectivity index (χ4n) is 1.68. The standard InChI is InChI=1S/C13H18BrNO/c1-10(14)9-15(3)13(16)11(2)12-7-5-4-6-8-12/h4-8,10-11H,9H2,1-3H3. The van der Waals surface area contributed by atoms with E-state index in [2.05, 4.69) is 15.9 Å². The average Bonchev–Trinajstić information content (AvgIpc) is 2.27. The number of hydrogen-bond acceptors (Lipinski definition) is 1. The molecule has 0 aliphatic heterocycles. The lowest BCUT2D eigenvalue weighted by molar-refractivity contribution is -0.131. The summed E-state index contributed by atoms with van der Waals surface area (Å²) in [4.78, 5) is 14.2. The van der Waals surface area contributed by atoms with Crippen molar-refractivity contribution >= 4 is 21.8 Å². The first-order valence-corrected chi connectivity index (χ1v) is 6.38. The van der Waals surface area contributed by atoms with Gasteiger partial charge in [-0.2, -0.15) is 0 Å². The predicted octanol–water partition coefficient (Wildman–Crippen LogP) is 3.03. The summed E-state index contributed by atoms with van der Waals surface area (Å²) < 4.78 is 0. The molecule has 2 unspecified atom stereocenters. The van der Waals surface area contributed by atoms with Crippen LogP contribution in [0.5, 0.6) is 0 Å². The lowest BCUT2D eigenvalue weighted by Gasteiger charge is -2.22. The van der Waals surface area contributed by atoms with Crippen molar-refractivity contribution in [3.05, 3.63) is 35.9 Å². The van der Waals surface area contributed by atoms with Crippen molar-refractivity contribution in [3.8, 4) is 0 Å². The Morgan fingerprint density at radius 1 is 1.31 bits per heavy atom. The van der Waals surface area contributed by atoms with Crippen LogP contribution in [0.25, 0.3) is 0 Å². The van der Waals surface area contributed by atoms with Gasteiger partial charge in [-0.1, -0.05) is 53.2 Å². The predicted molar refractivity (Wildman–Crippen MR) is 70.9 cm³/mol. The molecule has 2 atom stereocenters. The molecule has 0 bridgehead atoms. The largest absolute Gasteiger partial charge is 0.344 e. The van der Waals surface area contributed by atoms with Gasteiger partial charge in [0.25, 0.3) is 0 Å². The number of amides is 1. The number of carbonyl (C=O) groups is 1. The van der Waals surface area contributed by atoms with E-state index in [4.69, 9.17) is 0 Å². The van der Waals surface area contributed by atoms with Crippen LogP contribution in [0.2, 0.25) is 0 Å². The number of likely N-dealkylation sites (N-methyl/N-ethyl adjacent to an activating group) is 1. The van der Waals surface area contributed by atoms with Gasteiger partial charge in [0, 0.05) is 18.4 Å². The van der Waals surface area contributed by atoms with Gasteiger partial charge in [-0.25, -0.2) is 0 Å². The number of carbonyl (C=O) groups excluding carboxylic acids is 1. The zero-order chi connectivity index (χ0) is 12.1. The summed E-state index contributed by atoms with van der Waals surface area (Å²) >= 11 is 3.45. The van der Waals surface area contributed by atoms with Gasteiger partial charge in [0.1, 0.15) is 0 Å². The molecule has 0 aliphatic rings. The minimum atomic E-state index is -0.0718. The molecule has 0 saturated heterocycles. The van der Waals surface area contributed by atoms with E-state index in [1.807, 2.05) is 51.2 Å². The normalized spacial score (nSPS) is 14.2. The molecule has 3 heteroatoms. The Morgan fingerprint density at radius 3 is 2.38 bits per heavy atom. The fraction of sp³-hybridized carbons (Fsp3) is 0.462. The number of hydrogen-bond donors (Lipinski definition) is 0. The van der Waals surface area contributed by atoms with Crippen molar-refractivity contribution in [2.45, 2.75) is 24.6 Å². The molecule has 88 valence electrons. The first kappa shape index (κ1) is 13.2. The highest BCUT2D eigenvalue weighted by Crippen LogP contribution is 2.17. The van der Waals surface area contributed by atoms with Crippen molar-refractivity contribution in [3.63, 3.8) is 0 Å². The number of alkyl halides is 1. The van der Waals surface area contributed by atoms with Gasteiger partial charge >= 0.3 is 0 Å². The lowest BCUT2D eigenvalue weighted by atomic mass is 10.00. The van der Waals surface area contributed by atoms with Crippen molar-refractivity contribution in [1.82, 2.24) is 4.90 Å². The molecule has 0 heterocycles. The Morgan fingerprint density at radius 2 is 1.88 bits per heavy atom. The van der Waals surface area contributed by atoms with Gasteiger partial charge in [0.2, 0.25) is 5.91 Å². The van der Waals surface area contributed by atoms with Crippen LogP contribution < -0.4 is 0 Å². The summed E-state index contributed by atoms with van der Waals surface area (Å²) in [6.45, 7) is 4.72. The van der Waals surface area contributed by atoms with E-state index in [9.17, 15) is 4.79 Å². The monoisotopic (exact) mass is 283 g/mol. The van der Waals surface area contributed by atoms with E-state index in [1.165, 1.54) is 0 Å². The van der Waals surface area contributed by atoms with Gasteiger partial charge in [-0.15, -0.1) is 0 Å². The van der Waals surface area contributed by atoms with Crippen LogP contribution in [0, 0.1) is 0 Å². The second-order valence-electron chi connectivity index (χ2n) is 4.13. The molecule has 0 saturated carbocycles. The molecular weight excluding hydrogens is 266 g/mol. The van der Waals surface area contributed by atoms with Crippen LogP contribution in [0.1, 0.15) is 25.3 Å². The molecule has 1 aromatic carbocycles. The summed E-state index contributed by atoms with van der Waals surface area (Å²) in [5.74, 6) is 0.0925. The highest BCUT2D eigenvalue weighted by Gasteiger charge is 2.19. The van der Waals surface area contributed by atoms with Crippen molar-refractivity contribution in [2.24, 2.45) is 0 Å². The van der Waals surface area contributed by atoms with Crippen molar-refractivity contribution in [2.75, 3.05) is 13.6 Å². The Hall–Kier alpha value is -0.830. The van der Waals surface area contributed by atoms with Gasteiger partial charge in [-0.3, -0.25) is 4.79 Å². The van der Waals surface area contributed by atoms with E-state index >= 15 is 0 Å². The minimum Gasteiger partial charge on any atom is -0.344 e. The maximum absolute atomic E-state index is 12.1. The number of halogens is 1. The Bertz CT molecular complexity index is 337. The summed E-state index contributed by atoms with van der Waals surface area (Å²) in [5, 5.41) is 0. The minimum absolute atomic E-state index is 0.0718. The van der Waals surface area contributed by atoms with E-state index < -0.39 is 0 Å². The number of nitrogens with zero attached hydrogens (tertiary/aromatic N) is 1.